The molecule has 6 nitrogen and oxygen atoms in total. The minimum Gasteiger partial charge on any atom is -0.337 e. The molecule has 142 valence electrons. The highest BCUT2D eigenvalue weighted by molar-refractivity contribution is 5.95. The number of hydrogen-bond acceptors (Lipinski definition) is 3. The first-order chi connectivity index (χ1) is 13.1. The normalized spacial score (nSPS) is 17.4. The predicted octanol–water partition coefficient (Wildman–Crippen LogP) is 2.35. The maximum Gasteiger partial charge on any atom is 0.274 e. The Hall–Kier alpha value is -2.70. The lowest BCUT2D eigenvalue weighted by Crippen LogP contribution is -2.37. The van der Waals surface area contributed by atoms with Crippen LogP contribution in [0.5, 0.6) is 0 Å². The zero-order valence-electron chi connectivity index (χ0n) is 15.2. The largest absolute Gasteiger partial charge is 0.337 e. The van der Waals surface area contributed by atoms with Gasteiger partial charge in [0.1, 0.15) is 17.3 Å². The number of aryl methyl sites for hydroxylation is 2. The van der Waals surface area contributed by atoms with Crippen molar-refractivity contribution in [1.82, 2.24) is 19.4 Å². The summed E-state index contributed by atoms with van der Waals surface area (Å²) in [6.07, 6.45) is 5.66. The first kappa shape index (κ1) is 17.7. The van der Waals surface area contributed by atoms with Gasteiger partial charge in [0.05, 0.1) is 5.56 Å². The highest BCUT2D eigenvalue weighted by Gasteiger charge is 2.26. The van der Waals surface area contributed by atoms with Crippen molar-refractivity contribution >= 4 is 11.8 Å². The topological polar surface area (TPSA) is 58.4 Å². The second kappa shape index (κ2) is 7.50. The van der Waals surface area contributed by atoms with Gasteiger partial charge in [0.25, 0.3) is 11.8 Å². The van der Waals surface area contributed by atoms with Crippen LogP contribution >= 0.6 is 0 Å². The van der Waals surface area contributed by atoms with Gasteiger partial charge in [0, 0.05) is 45.3 Å². The zero-order valence-corrected chi connectivity index (χ0v) is 15.2. The molecule has 1 aromatic carbocycles. The Labute approximate surface area is 157 Å². The van der Waals surface area contributed by atoms with E-state index in [0.29, 0.717) is 38.3 Å². The van der Waals surface area contributed by atoms with Crippen molar-refractivity contribution in [2.75, 3.05) is 26.2 Å². The fourth-order valence-electron chi connectivity index (χ4n) is 3.81. The van der Waals surface area contributed by atoms with Crippen molar-refractivity contribution in [2.45, 2.75) is 32.2 Å². The summed E-state index contributed by atoms with van der Waals surface area (Å²) in [6.45, 7) is 2.83. The fourth-order valence-corrected chi connectivity index (χ4v) is 3.81. The zero-order chi connectivity index (χ0) is 18.8. The molecule has 1 fully saturated rings. The minimum absolute atomic E-state index is 0.0825. The lowest BCUT2D eigenvalue weighted by molar-refractivity contribution is 0.0713. The quantitative estimate of drug-likeness (QED) is 0.815. The molecule has 4 rings (SSSR count). The summed E-state index contributed by atoms with van der Waals surface area (Å²) < 4.78 is 16.0. The van der Waals surface area contributed by atoms with E-state index in [1.165, 1.54) is 12.1 Å². The number of carbonyl (C=O) groups is 2. The van der Waals surface area contributed by atoms with Crippen LogP contribution in [-0.4, -0.2) is 57.3 Å². The van der Waals surface area contributed by atoms with Crippen molar-refractivity contribution in [1.29, 1.82) is 0 Å². The van der Waals surface area contributed by atoms with Crippen LogP contribution in [0.3, 0.4) is 0 Å². The first-order valence-electron chi connectivity index (χ1n) is 9.52. The number of aromatic nitrogens is 2. The molecule has 2 aromatic rings. The standard InChI is InChI=1S/C20H23FN4O2/c21-16-7-2-1-6-15(16)19(26)23-10-5-11-24(13-12-23)20(27)17-14-25-9-4-3-8-18(25)22-17/h1-2,6-7,14H,3-5,8-13H2. The summed E-state index contributed by atoms with van der Waals surface area (Å²) in [5.74, 6) is 0.0657. The smallest absolute Gasteiger partial charge is 0.274 e. The van der Waals surface area contributed by atoms with Gasteiger partial charge in [-0.15, -0.1) is 0 Å². The second-order valence-electron chi connectivity index (χ2n) is 7.11. The molecule has 0 bridgehead atoms. The van der Waals surface area contributed by atoms with E-state index in [0.717, 1.165) is 31.6 Å². The van der Waals surface area contributed by atoms with Crippen molar-refractivity contribution in [3.63, 3.8) is 0 Å². The van der Waals surface area contributed by atoms with Crippen molar-refractivity contribution in [2.24, 2.45) is 0 Å². The lowest BCUT2D eigenvalue weighted by atomic mass is 10.2. The molecule has 0 spiro atoms. The maximum atomic E-state index is 13.9. The van der Waals surface area contributed by atoms with Crippen molar-refractivity contribution < 1.29 is 14.0 Å². The molecular weight excluding hydrogens is 347 g/mol. The average Bonchev–Trinajstić information content (AvgIpc) is 2.97. The number of rotatable bonds is 2. The van der Waals surface area contributed by atoms with Gasteiger partial charge in [0.2, 0.25) is 0 Å². The Bertz CT molecular complexity index is 840. The summed E-state index contributed by atoms with van der Waals surface area (Å²) in [5.41, 5.74) is 0.569. The first-order valence-corrected chi connectivity index (χ1v) is 9.52. The molecule has 0 unspecified atom stereocenters. The third kappa shape index (κ3) is 3.59. The molecule has 27 heavy (non-hydrogen) atoms. The van der Waals surface area contributed by atoms with Gasteiger partial charge < -0.3 is 14.4 Å². The minimum atomic E-state index is -0.511. The van der Waals surface area contributed by atoms with E-state index in [9.17, 15) is 14.0 Å². The van der Waals surface area contributed by atoms with Crippen LogP contribution in [-0.2, 0) is 13.0 Å². The van der Waals surface area contributed by atoms with Crippen LogP contribution in [0.15, 0.2) is 30.5 Å². The Morgan fingerprint density at radius 3 is 2.37 bits per heavy atom. The number of benzene rings is 1. The molecule has 0 N–H and O–H groups in total. The fraction of sp³-hybridized carbons (Fsp3) is 0.450. The summed E-state index contributed by atoms with van der Waals surface area (Å²) in [4.78, 5) is 33.4. The Balaban J connectivity index is 1.44. The van der Waals surface area contributed by atoms with E-state index < -0.39 is 5.82 Å². The van der Waals surface area contributed by atoms with Crippen molar-refractivity contribution in [3.05, 3.63) is 53.4 Å². The van der Waals surface area contributed by atoms with E-state index >= 15 is 0 Å². The molecule has 1 saturated heterocycles. The number of fused-ring (bicyclic) bond motifs is 1. The van der Waals surface area contributed by atoms with Crippen LogP contribution in [0.2, 0.25) is 0 Å². The summed E-state index contributed by atoms with van der Waals surface area (Å²) in [7, 11) is 0. The molecule has 2 aliphatic heterocycles. The van der Waals surface area contributed by atoms with E-state index in [1.807, 2.05) is 6.20 Å². The van der Waals surface area contributed by atoms with Gasteiger partial charge >= 0.3 is 0 Å². The Morgan fingerprint density at radius 1 is 0.889 bits per heavy atom. The highest BCUT2D eigenvalue weighted by Crippen LogP contribution is 2.17. The van der Waals surface area contributed by atoms with Crippen LogP contribution in [0.4, 0.5) is 4.39 Å². The summed E-state index contributed by atoms with van der Waals surface area (Å²) in [5, 5.41) is 0. The monoisotopic (exact) mass is 370 g/mol. The number of hydrogen-bond donors (Lipinski definition) is 0. The SMILES string of the molecule is O=C(c1cn2c(n1)CCCC2)N1CCCN(C(=O)c2ccccc2F)CC1. The van der Waals surface area contributed by atoms with Gasteiger partial charge in [0.15, 0.2) is 0 Å². The molecule has 2 aliphatic rings. The number of imidazole rings is 1. The molecule has 7 heteroatoms. The van der Waals surface area contributed by atoms with E-state index in [1.54, 1.807) is 21.9 Å². The molecule has 0 radical (unpaired) electrons. The molecule has 0 saturated carbocycles. The summed E-state index contributed by atoms with van der Waals surface area (Å²) in [6, 6.07) is 6.02. The predicted molar refractivity (Wildman–Crippen MR) is 98.0 cm³/mol. The second-order valence-corrected chi connectivity index (χ2v) is 7.11. The van der Waals surface area contributed by atoms with E-state index in [4.69, 9.17) is 0 Å². The molecule has 0 aliphatic carbocycles. The van der Waals surface area contributed by atoms with Gasteiger partial charge in [-0.05, 0) is 31.4 Å². The third-order valence-electron chi connectivity index (χ3n) is 5.30. The number of amides is 2. The third-order valence-corrected chi connectivity index (χ3v) is 5.30. The van der Waals surface area contributed by atoms with Crippen LogP contribution in [0.25, 0.3) is 0 Å². The van der Waals surface area contributed by atoms with Crippen molar-refractivity contribution in [3.8, 4) is 0 Å². The van der Waals surface area contributed by atoms with Gasteiger partial charge in [-0.3, -0.25) is 9.59 Å². The van der Waals surface area contributed by atoms with Gasteiger partial charge in [-0.1, -0.05) is 12.1 Å². The average molecular weight is 370 g/mol. The molecule has 1 aromatic heterocycles. The maximum absolute atomic E-state index is 13.9. The van der Waals surface area contributed by atoms with Crippen LogP contribution in [0, 0.1) is 5.82 Å². The molecule has 3 heterocycles. The van der Waals surface area contributed by atoms with E-state index in [2.05, 4.69) is 9.55 Å². The number of carbonyl (C=O) groups excluding carboxylic acids is 2. The number of nitrogens with zero attached hydrogens (tertiary/aromatic N) is 4. The van der Waals surface area contributed by atoms with Crippen LogP contribution in [0.1, 0.15) is 45.9 Å². The molecule has 2 amide bonds. The van der Waals surface area contributed by atoms with Gasteiger partial charge in [-0.25, -0.2) is 9.37 Å². The highest BCUT2D eigenvalue weighted by atomic mass is 19.1. The van der Waals surface area contributed by atoms with E-state index in [-0.39, 0.29) is 17.4 Å². The van der Waals surface area contributed by atoms with Crippen LogP contribution < -0.4 is 0 Å². The Morgan fingerprint density at radius 2 is 1.63 bits per heavy atom. The Kier molecular flexibility index (Phi) is 4.92. The summed E-state index contributed by atoms with van der Waals surface area (Å²) >= 11 is 0. The van der Waals surface area contributed by atoms with Gasteiger partial charge in [-0.2, -0.15) is 0 Å². The number of halogens is 1. The lowest BCUT2D eigenvalue weighted by Gasteiger charge is -2.22. The molecular formula is C20H23FN4O2. The molecule has 0 atom stereocenters.